The lowest BCUT2D eigenvalue weighted by Gasteiger charge is -2.27. The van der Waals surface area contributed by atoms with Gasteiger partial charge in [-0.1, -0.05) is 164 Å². The molecule has 9 unspecified atom stereocenters. The molecule has 1 aromatic carbocycles. The van der Waals surface area contributed by atoms with Crippen LogP contribution in [0, 0.1) is 52.8 Å². The van der Waals surface area contributed by atoms with Crippen LogP contribution in [0.1, 0.15) is 293 Å². The first-order valence-electron chi connectivity index (χ1n) is 42.7. The molecule has 1 fully saturated rings. The van der Waals surface area contributed by atoms with Gasteiger partial charge in [-0.05, 0) is 166 Å². The van der Waals surface area contributed by atoms with Crippen LogP contribution in [-0.2, 0) is 76.4 Å². The number of ether oxygens (including phenoxy) is 5. The van der Waals surface area contributed by atoms with Crippen LogP contribution in [0.25, 0.3) is 0 Å². The molecule has 26 nitrogen and oxygen atoms in total. The maximum absolute atomic E-state index is 11.6. The number of aliphatic carboxylic acids is 1. The predicted molar refractivity (Wildman–Crippen MR) is 467 cm³/mol. The lowest BCUT2D eigenvalue weighted by Crippen LogP contribution is -2.39. The number of Topliss-reactive ketones (excluding diaryl/α,β-unsaturated/α-hetero) is 1. The number of esters is 4. The highest BCUT2D eigenvalue weighted by atomic mass is 16.6. The summed E-state index contributed by atoms with van der Waals surface area (Å²) in [5.74, 6) is 0.0772. The molecule has 9 atom stereocenters. The number of primary amides is 1. The van der Waals surface area contributed by atoms with Crippen molar-refractivity contribution in [1.29, 1.82) is 0 Å². The number of nitrogens with one attached hydrogen (secondary N) is 2. The second kappa shape index (κ2) is 80.0. The lowest BCUT2D eigenvalue weighted by molar-refractivity contribution is -0.155. The molecular weight excluding hydrogens is 1480 g/mol. The van der Waals surface area contributed by atoms with Crippen LogP contribution < -0.4 is 16.4 Å². The van der Waals surface area contributed by atoms with Gasteiger partial charge in [-0.2, -0.15) is 0 Å². The van der Waals surface area contributed by atoms with Gasteiger partial charge in [-0.15, -0.1) is 0 Å². The largest absolute Gasteiger partial charge is 0.481 e. The molecular formula is C90H167N7O19. The van der Waals surface area contributed by atoms with Gasteiger partial charge in [0.25, 0.3) is 0 Å². The van der Waals surface area contributed by atoms with E-state index in [1.54, 1.807) is 51.7 Å². The first-order valence-corrected chi connectivity index (χ1v) is 42.7. The number of para-hydroxylation sites is 1. The number of hydrogen-bond donors (Lipinski definition) is 6. The van der Waals surface area contributed by atoms with E-state index >= 15 is 0 Å². The number of ketones is 1. The Bertz CT molecular complexity index is 2740. The minimum Gasteiger partial charge on any atom is -0.481 e. The number of pyridine rings is 1. The van der Waals surface area contributed by atoms with Crippen molar-refractivity contribution < 1.29 is 91.7 Å². The highest BCUT2D eigenvalue weighted by Crippen LogP contribution is 2.22. The fourth-order valence-electron chi connectivity index (χ4n) is 8.14. The molecule has 116 heavy (non-hydrogen) atoms. The molecule has 0 spiro atoms. The number of hydrogen-bond acceptors (Lipinski definition) is 20. The van der Waals surface area contributed by atoms with Gasteiger partial charge in [0.15, 0.2) is 0 Å². The number of carboxylic acids is 1. The Balaban J connectivity index is -0.000000234. The first kappa shape index (κ1) is 122. The Morgan fingerprint density at radius 3 is 1.33 bits per heavy atom. The zero-order valence-corrected chi connectivity index (χ0v) is 77.4. The van der Waals surface area contributed by atoms with Crippen molar-refractivity contribution in [3.63, 3.8) is 0 Å². The summed E-state index contributed by atoms with van der Waals surface area (Å²) in [4.78, 5) is 131. The molecule has 7 N–H and O–H groups in total. The smallest absolute Gasteiger partial charge is 0.308 e. The number of nitrogens with zero attached hydrogens (tertiary/aromatic N) is 4. The number of carbonyl (C=O) groups excluding carboxylic acids is 10. The van der Waals surface area contributed by atoms with E-state index < -0.39 is 5.97 Å². The number of carboxylic acid groups (broad SMARTS) is 1. The van der Waals surface area contributed by atoms with Crippen LogP contribution >= 0.6 is 0 Å². The first-order chi connectivity index (χ1) is 54.5. The van der Waals surface area contributed by atoms with E-state index in [4.69, 9.17) is 44.7 Å². The van der Waals surface area contributed by atoms with Gasteiger partial charge in [0, 0.05) is 119 Å². The fraction of sp³-hybridized carbons (Fsp3) is 0.756. The number of amides is 5. The molecule has 1 aliphatic rings. The molecule has 0 aliphatic carbocycles. The predicted octanol–water partition coefficient (Wildman–Crippen LogP) is 15.8. The third kappa shape index (κ3) is 74.1. The minimum absolute atomic E-state index is 0.0298. The Morgan fingerprint density at radius 2 is 0.957 bits per heavy atom. The summed E-state index contributed by atoms with van der Waals surface area (Å²) >= 11 is 0. The van der Waals surface area contributed by atoms with E-state index in [9.17, 15) is 52.7 Å². The second-order valence-corrected chi connectivity index (χ2v) is 30.4. The molecule has 2 aromatic rings. The van der Waals surface area contributed by atoms with Gasteiger partial charge < -0.3 is 65.2 Å². The lowest BCUT2D eigenvalue weighted by atomic mass is 9.89. The Morgan fingerprint density at radius 1 is 0.526 bits per heavy atom. The van der Waals surface area contributed by atoms with E-state index in [0.29, 0.717) is 63.4 Å². The number of unbranched alkanes of at least 4 members (excludes halogenated alkanes) is 3. The number of anilines is 1. The number of carbonyl (C=O) groups is 11. The van der Waals surface area contributed by atoms with Crippen molar-refractivity contribution in [2.45, 2.75) is 294 Å². The summed E-state index contributed by atoms with van der Waals surface area (Å²) in [5.41, 5.74) is 6.86. The number of aliphatic hydroxyl groups excluding tert-OH is 2. The van der Waals surface area contributed by atoms with Crippen molar-refractivity contribution >= 4 is 70.9 Å². The van der Waals surface area contributed by atoms with Crippen molar-refractivity contribution in [2.75, 3.05) is 105 Å². The van der Waals surface area contributed by atoms with Crippen molar-refractivity contribution in [2.24, 2.45) is 58.5 Å². The zero-order chi connectivity index (χ0) is 90.7. The van der Waals surface area contributed by atoms with Crippen molar-refractivity contribution in [1.82, 2.24) is 25.0 Å². The maximum atomic E-state index is 11.6. The number of likely N-dealkylation sites (N-methyl/N-ethyl adjacent to an activating group) is 1. The number of nitrogens with two attached hydrogens (primary N) is 1. The van der Waals surface area contributed by atoms with Crippen LogP contribution in [0.2, 0.25) is 0 Å². The molecule has 5 amide bonds. The standard InChI is InChI=1S/C17H30O7.C13H25NO3.C11H15NO.C9H19NO2.C9H13N.C8H17NO.C7H15NO.C6H12O.C5H11NO.C5H10O2/c1-3-14(2)17(21)24-13-12-23-16(20)9-5-7-11-22-15(19)8-4-6-10-18;1-3-12(2)13(15)17-9-5-4-6-14-7-10-16-11-8-14;1-3-9(2)11(13)12-10-7-5-4-6-8-10;1-5-9(2,3)8(12)10(4)6-7-11;1-3-8(2)9-4-6-10-7-5-9;1-5-7(4)8(10)9-6(2)3;1-5-6(2)7(9)8(3)4;1-4-5(2)6(3)7;2*1-3-4(2)5(6)7/h14,18H,3-13H2,1-2H3;12H,3-11H2,1-2H3;4-9H,3H2,1-2H3,(H,12,13);11H,5-7H2,1-4H3;4-8H,3H2,1-2H3;6-7H,5H2,1-4H3,(H,9,10);6H,5H2,1-4H3;5H,4H2,1-3H3;4H,3H2,1-2H3,(H2,6,7);4H,3H2,1-2H3,(H,6,7). The number of aromatic nitrogens is 1. The maximum Gasteiger partial charge on any atom is 0.308 e. The summed E-state index contributed by atoms with van der Waals surface area (Å²) in [6.07, 6.45) is 17.5. The van der Waals surface area contributed by atoms with Gasteiger partial charge in [-0.25, -0.2) is 0 Å². The molecule has 0 saturated carbocycles. The molecule has 1 saturated heterocycles. The minimum atomic E-state index is -0.706. The zero-order valence-electron chi connectivity index (χ0n) is 77.4. The van der Waals surface area contributed by atoms with E-state index in [1.165, 1.54) is 12.0 Å². The van der Waals surface area contributed by atoms with Crippen molar-refractivity contribution in [3.05, 3.63) is 60.4 Å². The van der Waals surface area contributed by atoms with E-state index in [1.807, 2.05) is 174 Å². The highest BCUT2D eigenvalue weighted by Gasteiger charge is 2.28. The summed E-state index contributed by atoms with van der Waals surface area (Å²) in [7, 11) is 5.29. The molecule has 0 radical (unpaired) electrons. The van der Waals surface area contributed by atoms with E-state index in [2.05, 4.69) is 46.5 Å². The average molecular weight is 1650 g/mol. The van der Waals surface area contributed by atoms with Crippen LogP contribution in [0.4, 0.5) is 5.69 Å². The van der Waals surface area contributed by atoms with E-state index in [0.717, 1.165) is 103 Å². The van der Waals surface area contributed by atoms with Gasteiger partial charge in [0.05, 0.1) is 50.8 Å². The topological polar surface area (TPSA) is 367 Å². The van der Waals surface area contributed by atoms with Crippen LogP contribution in [0.15, 0.2) is 54.9 Å². The number of rotatable bonds is 41. The molecule has 1 aliphatic heterocycles. The second-order valence-electron chi connectivity index (χ2n) is 30.4. The molecule has 2 heterocycles. The Hall–Kier alpha value is -7.42. The summed E-state index contributed by atoms with van der Waals surface area (Å²) in [6, 6.07) is 13.9. The monoisotopic (exact) mass is 1650 g/mol. The summed E-state index contributed by atoms with van der Waals surface area (Å²) in [6.45, 7) is 52.9. The molecule has 26 heteroatoms. The molecule has 0 bridgehead atoms. The Labute approximate surface area is 702 Å². The Kier molecular flexibility index (Phi) is 84.0. The third-order valence-electron chi connectivity index (χ3n) is 19.3. The average Bonchev–Trinajstić information content (AvgIpc) is 0.863. The van der Waals surface area contributed by atoms with Crippen LogP contribution in [-0.4, -0.2) is 206 Å². The number of benzene rings is 1. The quantitative estimate of drug-likeness (QED) is 0.0205. The van der Waals surface area contributed by atoms with Crippen LogP contribution in [0.5, 0.6) is 0 Å². The van der Waals surface area contributed by atoms with Gasteiger partial charge in [-0.3, -0.25) is 62.6 Å². The van der Waals surface area contributed by atoms with E-state index in [-0.39, 0.29) is 152 Å². The SMILES string of the molecule is CCC(C)(C)C(=O)N(C)CCO.CCC(C)C(=O)N(C)C.CCC(C)C(=O)NC(C)C.CCC(C)C(=O)Nc1ccccc1.CCC(C)C(=O)O.CCC(C)C(=O)OCCCCN1CCOCC1.CCC(C)C(=O)OCCOC(=O)CCCCOC(=O)CCCCO.CCC(C)C(C)=O.CCC(C)C(N)=O.CCC(C)c1ccncc1. The van der Waals surface area contributed by atoms with Crippen LogP contribution in [0.3, 0.4) is 0 Å². The molecule has 676 valence electrons. The number of aliphatic hydroxyl groups is 2. The molecule has 3 rings (SSSR count). The van der Waals surface area contributed by atoms with Gasteiger partial charge in [0.2, 0.25) is 29.5 Å². The van der Waals surface area contributed by atoms with Gasteiger partial charge in [0.1, 0.15) is 19.0 Å². The highest BCUT2D eigenvalue weighted by molar-refractivity contribution is 5.92. The number of morpholine rings is 1. The van der Waals surface area contributed by atoms with Gasteiger partial charge >= 0.3 is 29.8 Å². The third-order valence-corrected chi connectivity index (χ3v) is 19.3. The fourth-order valence-corrected chi connectivity index (χ4v) is 8.14. The van der Waals surface area contributed by atoms with Crippen molar-refractivity contribution in [3.8, 4) is 0 Å². The summed E-state index contributed by atoms with van der Waals surface area (Å²) < 4.78 is 25.4. The summed E-state index contributed by atoms with van der Waals surface area (Å²) in [5, 5.41) is 31.1. The molecule has 1 aromatic heterocycles. The normalized spacial score (nSPS) is 13.4.